The van der Waals surface area contributed by atoms with Gasteiger partial charge in [-0.25, -0.2) is 0 Å². The molecule has 0 saturated heterocycles. The zero-order valence-corrected chi connectivity index (χ0v) is 11.0. The second-order valence-corrected chi connectivity index (χ2v) is 5.58. The maximum atomic E-state index is 4.65. The van der Waals surface area contributed by atoms with E-state index in [2.05, 4.69) is 47.9 Å². The Morgan fingerprint density at radius 2 is 2.00 bits per heavy atom. The van der Waals surface area contributed by atoms with E-state index in [0.717, 1.165) is 19.0 Å². The van der Waals surface area contributed by atoms with E-state index < -0.39 is 0 Å². The van der Waals surface area contributed by atoms with E-state index >= 15 is 0 Å². The van der Waals surface area contributed by atoms with Crippen LogP contribution in [0, 0.1) is 0 Å². The zero-order chi connectivity index (χ0) is 12.0. The molecular formula is C14H21N3. The van der Waals surface area contributed by atoms with Gasteiger partial charge in [0.25, 0.3) is 0 Å². The number of hydrogen-bond donors (Lipinski definition) is 0. The lowest BCUT2D eigenvalue weighted by molar-refractivity contribution is 0.652. The Kier molecular flexibility index (Phi) is 2.49. The number of pyridine rings is 1. The largest absolute Gasteiger partial charge is 0.371 e. The molecule has 3 rings (SSSR count). The van der Waals surface area contributed by atoms with Crippen LogP contribution in [0.25, 0.3) is 0 Å². The van der Waals surface area contributed by atoms with Gasteiger partial charge < -0.3 is 9.80 Å². The Bertz CT molecular complexity index is 423. The Morgan fingerprint density at radius 3 is 2.65 bits per heavy atom. The Labute approximate surface area is 103 Å². The summed E-state index contributed by atoms with van der Waals surface area (Å²) in [4.78, 5) is 9.47. The van der Waals surface area contributed by atoms with Crippen molar-refractivity contribution in [2.75, 3.05) is 29.9 Å². The molecule has 0 atom stereocenters. The molecule has 0 bridgehead atoms. The van der Waals surface area contributed by atoms with Gasteiger partial charge in [-0.05, 0) is 32.8 Å². The number of likely N-dealkylation sites (N-methyl/N-ethyl adjacent to an activating group) is 1. The normalized spacial score (nSPS) is 19.8. The molecule has 1 aliphatic carbocycles. The molecule has 92 valence electrons. The third-order valence-electron chi connectivity index (χ3n) is 3.90. The van der Waals surface area contributed by atoms with Crippen molar-refractivity contribution in [1.82, 2.24) is 4.98 Å². The molecular weight excluding hydrogens is 210 g/mol. The van der Waals surface area contributed by atoms with E-state index in [1.807, 2.05) is 0 Å². The van der Waals surface area contributed by atoms with Crippen molar-refractivity contribution in [3.63, 3.8) is 0 Å². The van der Waals surface area contributed by atoms with Crippen molar-refractivity contribution >= 4 is 11.4 Å². The van der Waals surface area contributed by atoms with Crippen molar-refractivity contribution in [3.05, 3.63) is 18.0 Å². The monoisotopic (exact) mass is 231 g/mol. The van der Waals surface area contributed by atoms with Crippen LogP contribution in [0.3, 0.4) is 0 Å². The second-order valence-electron chi connectivity index (χ2n) is 5.58. The first-order chi connectivity index (χ1) is 8.16. The number of rotatable bonds is 2. The number of hydrogen-bond acceptors (Lipinski definition) is 3. The molecule has 1 aromatic rings. The summed E-state index contributed by atoms with van der Waals surface area (Å²) < 4.78 is 0. The summed E-state index contributed by atoms with van der Waals surface area (Å²) in [5, 5.41) is 0. The molecule has 2 heterocycles. The van der Waals surface area contributed by atoms with Gasteiger partial charge >= 0.3 is 0 Å². The first-order valence-electron chi connectivity index (χ1n) is 6.64. The molecule has 0 unspecified atom stereocenters. The van der Waals surface area contributed by atoms with Gasteiger partial charge in [-0.2, -0.15) is 0 Å². The topological polar surface area (TPSA) is 19.4 Å². The maximum Gasteiger partial charge on any atom is 0.0793 e. The van der Waals surface area contributed by atoms with Crippen LogP contribution >= 0.6 is 0 Å². The first kappa shape index (κ1) is 10.9. The van der Waals surface area contributed by atoms with Gasteiger partial charge in [0.1, 0.15) is 0 Å². The van der Waals surface area contributed by atoms with E-state index in [4.69, 9.17) is 0 Å². The minimum Gasteiger partial charge on any atom is -0.371 e. The highest BCUT2D eigenvalue weighted by molar-refractivity contribution is 5.73. The smallest absolute Gasteiger partial charge is 0.0793 e. The zero-order valence-electron chi connectivity index (χ0n) is 11.0. The maximum absolute atomic E-state index is 4.65. The van der Waals surface area contributed by atoms with E-state index in [9.17, 15) is 0 Å². The predicted octanol–water partition coefficient (Wildman–Crippen LogP) is 2.62. The summed E-state index contributed by atoms with van der Waals surface area (Å²) >= 11 is 0. The molecule has 17 heavy (non-hydrogen) atoms. The molecule has 1 fully saturated rings. The molecule has 1 saturated carbocycles. The van der Waals surface area contributed by atoms with Crippen LogP contribution in [0.1, 0.15) is 38.3 Å². The van der Waals surface area contributed by atoms with E-state index in [-0.39, 0.29) is 0 Å². The fraction of sp³-hybridized carbons (Fsp3) is 0.643. The summed E-state index contributed by atoms with van der Waals surface area (Å²) in [6, 6.07) is 2.86. The third kappa shape index (κ3) is 1.88. The van der Waals surface area contributed by atoms with Crippen molar-refractivity contribution < 1.29 is 0 Å². The molecule has 3 heteroatoms. The highest BCUT2D eigenvalue weighted by Crippen LogP contribution is 2.42. The van der Waals surface area contributed by atoms with Crippen molar-refractivity contribution in [3.8, 4) is 0 Å². The van der Waals surface area contributed by atoms with Crippen molar-refractivity contribution in [2.24, 2.45) is 0 Å². The summed E-state index contributed by atoms with van der Waals surface area (Å²) in [5.74, 6) is 0.739. The summed E-state index contributed by atoms with van der Waals surface area (Å²) in [7, 11) is 2.19. The Morgan fingerprint density at radius 1 is 1.24 bits per heavy atom. The van der Waals surface area contributed by atoms with Crippen LogP contribution in [-0.4, -0.2) is 31.2 Å². The first-order valence-corrected chi connectivity index (χ1v) is 6.64. The van der Waals surface area contributed by atoms with E-state index in [0.29, 0.717) is 6.04 Å². The molecule has 0 spiro atoms. The van der Waals surface area contributed by atoms with Gasteiger partial charge in [-0.1, -0.05) is 0 Å². The molecule has 1 aliphatic heterocycles. The minimum atomic E-state index is 0.552. The molecule has 2 aliphatic rings. The Hall–Kier alpha value is -1.25. The molecule has 0 radical (unpaired) electrons. The number of anilines is 2. The van der Waals surface area contributed by atoms with Gasteiger partial charge in [0.05, 0.1) is 17.6 Å². The lowest BCUT2D eigenvalue weighted by Gasteiger charge is -2.39. The van der Waals surface area contributed by atoms with Gasteiger partial charge in [0, 0.05) is 37.8 Å². The van der Waals surface area contributed by atoms with Crippen LogP contribution < -0.4 is 9.80 Å². The van der Waals surface area contributed by atoms with Gasteiger partial charge in [0.15, 0.2) is 0 Å². The summed E-state index contributed by atoms with van der Waals surface area (Å²) in [5.41, 5.74) is 3.96. The number of fused-ring (bicyclic) bond motifs is 1. The SMILES string of the molecule is CC(C)N1CCN(C)c2cc(C3CC3)ncc21. The van der Waals surface area contributed by atoms with E-state index in [1.54, 1.807) is 0 Å². The lowest BCUT2D eigenvalue weighted by Crippen LogP contribution is -2.42. The summed E-state index contributed by atoms with van der Waals surface area (Å²) in [6.07, 6.45) is 4.73. The van der Waals surface area contributed by atoms with Crippen molar-refractivity contribution in [1.29, 1.82) is 0 Å². The van der Waals surface area contributed by atoms with Gasteiger partial charge in [-0.3, -0.25) is 4.98 Å². The van der Waals surface area contributed by atoms with Crippen LogP contribution in [0.5, 0.6) is 0 Å². The van der Waals surface area contributed by atoms with Crippen LogP contribution in [0.4, 0.5) is 11.4 Å². The lowest BCUT2D eigenvalue weighted by atomic mass is 10.1. The van der Waals surface area contributed by atoms with Gasteiger partial charge in [-0.15, -0.1) is 0 Å². The fourth-order valence-electron chi connectivity index (χ4n) is 2.62. The highest BCUT2D eigenvalue weighted by atomic mass is 15.3. The standard InChI is InChI=1S/C14H21N3/c1-10(2)17-7-6-16(3)13-8-12(11-4-5-11)15-9-14(13)17/h8-11H,4-7H2,1-3H3. The Balaban J connectivity index is 2.00. The molecule has 0 aromatic carbocycles. The van der Waals surface area contributed by atoms with Gasteiger partial charge in [0.2, 0.25) is 0 Å². The second kappa shape index (κ2) is 3.90. The highest BCUT2D eigenvalue weighted by Gasteiger charge is 2.28. The van der Waals surface area contributed by atoms with Crippen molar-refractivity contribution in [2.45, 2.75) is 38.6 Å². The fourth-order valence-corrected chi connectivity index (χ4v) is 2.62. The van der Waals surface area contributed by atoms with E-state index in [1.165, 1.54) is 29.9 Å². The van der Waals surface area contributed by atoms with Crippen LogP contribution in [-0.2, 0) is 0 Å². The third-order valence-corrected chi connectivity index (χ3v) is 3.90. The average Bonchev–Trinajstić information content (AvgIpc) is 3.13. The number of aromatic nitrogens is 1. The predicted molar refractivity (Wildman–Crippen MR) is 72.0 cm³/mol. The molecule has 3 nitrogen and oxygen atoms in total. The average molecular weight is 231 g/mol. The summed E-state index contributed by atoms with van der Waals surface area (Å²) in [6.45, 7) is 6.72. The molecule has 0 N–H and O–H groups in total. The van der Waals surface area contributed by atoms with Crippen LogP contribution in [0.2, 0.25) is 0 Å². The minimum absolute atomic E-state index is 0.552. The number of nitrogens with zero attached hydrogens (tertiary/aromatic N) is 3. The molecule has 1 aromatic heterocycles. The molecule has 0 amide bonds. The van der Waals surface area contributed by atoms with Crippen LogP contribution in [0.15, 0.2) is 12.3 Å². The quantitative estimate of drug-likeness (QED) is 0.780.